The summed E-state index contributed by atoms with van der Waals surface area (Å²) in [6.07, 6.45) is 0. The van der Waals surface area contributed by atoms with Crippen molar-refractivity contribution in [1.29, 1.82) is 0 Å². The van der Waals surface area contributed by atoms with Crippen molar-refractivity contribution >= 4 is 45.5 Å². The monoisotopic (exact) mass is 512 g/mol. The van der Waals surface area contributed by atoms with Crippen LogP contribution in [0.15, 0.2) is 0 Å². The Balaban J connectivity index is -0.00000000500. The molecule has 0 rings (SSSR count). The molecular formula is H2IrSrTaTi. The Bertz CT molecular complexity index is 8.00. The van der Waals surface area contributed by atoms with Crippen LogP contribution in [0.3, 0.4) is 0 Å². The number of hydrogen-bond donors (Lipinski definition) is 0. The van der Waals surface area contributed by atoms with Gasteiger partial charge in [0.1, 0.15) is 0 Å². The van der Waals surface area contributed by atoms with Gasteiger partial charge in [0.05, 0.1) is 0 Å². The quantitative estimate of drug-likeness (QED) is 0.370. The van der Waals surface area contributed by atoms with Gasteiger partial charge in [0.2, 0.25) is 0 Å². The van der Waals surface area contributed by atoms with Gasteiger partial charge in [0.25, 0.3) is 0 Å². The van der Waals surface area contributed by atoms with E-state index in [0.717, 1.165) is 0 Å². The van der Waals surface area contributed by atoms with Gasteiger partial charge in [-0.2, -0.15) is 0 Å². The molecule has 0 saturated carbocycles. The first-order chi connectivity index (χ1) is 1.00. The predicted molar refractivity (Wildman–Crippen MR) is 8.54 cm³/mol. The molecule has 0 spiro atoms. The Labute approximate surface area is 98.3 Å². The molecule has 0 aliphatic carbocycles. The Morgan fingerprint density at radius 1 is 1.25 bits per heavy atom. The number of hydrogen-bond acceptors (Lipinski definition) is 0. The first kappa shape index (κ1) is 15.6. The molecule has 0 amide bonds. The van der Waals surface area contributed by atoms with Crippen molar-refractivity contribution < 1.29 is 55.6 Å². The second kappa shape index (κ2) is 16.0. The minimum Gasteiger partial charge on any atom is 0 e. The summed E-state index contributed by atoms with van der Waals surface area (Å²) in [4.78, 5) is 0. The molecule has 0 bridgehead atoms. The van der Waals surface area contributed by atoms with Crippen molar-refractivity contribution in [2.75, 3.05) is 0 Å². The summed E-state index contributed by atoms with van der Waals surface area (Å²) in [6.45, 7) is 0. The first-order valence-electron chi connectivity index (χ1n) is 0.149. The summed E-state index contributed by atoms with van der Waals surface area (Å²) in [5.74, 6) is 0. The normalized spacial score (nSPS) is 1.50. The second-order valence-electron chi connectivity index (χ2n) is 0. The zero-order valence-electron chi connectivity index (χ0n) is 1.28. The van der Waals surface area contributed by atoms with Crippen molar-refractivity contribution in [3.8, 4) is 0 Å². The van der Waals surface area contributed by atoms with Gasteiger partial charge in [0.15, 0.2) is 0 Å². The molecule has 0 heterocycles. The molecule has 0 aromatic carbocycles. The van der Waals surface area contributed by atoms with E-state index in [0.29, 0.717) is 0 Å². The van der Waals surface area contributed by atoms with Crippen LogP contribution in [-0.4, -0.2) is 45.5 Å². The van der Waals surface area contributed by atoms with Crippen molar-refractivity contribution in [3.63, 3.8) is 0 Å². The van der Waals surface area contributed by atoms with Gasteiger partial charge in [-0.25, -0.2) is 0 Å². The molecule has 4 heteroatoms. The van der Waals surface area contributed by atoms with Gasteiger partial charge < -0.3 is 0 Å². The van der Waals surface area contributed by atoms with E-state index < -0.39 is 0 Å². The third-order valence-electron chi connectivity index (χ3n) is 0. The van der Waals surface area contributed by atoms with Crippen LogP contribution in [0.4, 0.5) is 0 Å². The van der Waals surface area contributed by atoms with E-state index in [1.54, 1.807) is 0 Å². The third kappa shape index (κ3) is 9.14. The van der Waals surface area contributed by atoms with Crippen molar-refractivity contribution in [2.45, 2.75) is 0 Å². The van der Waals surface area contributed by atoms with Crippen LogP contribution in [0.1, 0.15) is 0 Å². The molecule has 0 aliphatic rings. The number of rotatable bonds is 0. The summed E-state index contributed by atoms with van der Waals surface area (Å²) in [5.41, 5.74) is 0. The average Bonchev–Trinajstić information content (AvgIpc) is 1.00. The van der Waals surface area contributed by atoms with E-state index in [4.69, 9.17) is 0 Å². The van der Waals surface area contributed by atoms with Crippen LogP contribution in [0.5, 0.6) is 0 Å². The Morgan fingerprint density at radius 2 is 1.25 bits per heavy atom. The molecule has 22 valence electrons. The van der Waals surface area contributed by atoms with Crippen molar-refractivity contribution in [2.24, 2.45) is 0 Å². The fourth-order valence-corrected chi connectivity index (χ4v) is 0. The van der Waals surface area contributed by atoms with Crippen LogP contribution < -0.4 is 0 Å². The molecule has 0 unspecified atom stereocenters. The molecule has 0 radical (unpaired) electrons. The van der Waals surface area contributed by atoms with Crippen LogP contribution in [0.2, 0.25) is 0 Å². The van der Waals surface area contributed by atoms with E-state index in [2.05, 4.69) is 15.7 Å². The van der Waals surface area contributed by atoms with Gasteiger partial charge in [0, 0.05) is 21.7 Å². The summed E-state index contributed by atoms with van der Waals surface area (Å²) in [7, 11) is 0. The minimum atomic E-state index is 0. The van der Waals surface area contributed by atoms with E-state index in [-0.39, 0.29) is 67.2 Å². The fraction of sp³-hybridized carbons (Fsp3) is 0. The van der Waals surface area contributed by atoms with Crippen molar-refractivity contribution in [3.05, 3.63) is 0 Å². The average molecular weight is 511 g/mol. The maximum Gasteiger partial charge on any atom is 0 e. The van der Waals surface area contributed by atoms with E-state index in [1.807, 2.05) is 0 Å². The zero-order chi connectivity index (χ0) is 2.00. The molecular weight excluding hydrogens is 509 g/mol. The van der Waals surface area contributed by atoms with Gasteiger partial charge in [-0.15, -0.1) is 0 Å². The van der Waals surface area contributed by atoms with Crippen LogP contribution in [0.25, 0.3) is 0 Å². The molecule has 0 atom stereocenters. The van der Waals surface area contributed by atoms with Gasteiger partial charge in [-0.05, 0) is 0 Å². The molecule has 0 aromatic heterocycles. The summed E-state index contributed by atoms with van der Waals surface area (Å²) in [5, 5.41) is 0. The van der Waals surface area contributed by atoms with E-state index >= 15 is 0 Å². The molecule has 0 fully saturated rings. The smallest absolute Gasteiger partial charge is 0 e. The fourth-order valence-electron chi connectivity index (χ4n) is 0. The van der Waals surface area contributed by atoms with Crippen molar-refractivity contribution in [1.82, 2.24) is 0 Å². The van der Waals surface area contributed by atoms with Crippen LogP contribution in [0, 0.1) is 0 Å². The topological polar surface area (TPSA) is 0 Å². The van der Waals surface area contributed by atoms with Gasteiger partial charge >= 0.3 is 79.4 Å². The molecule has 0 aliphatic heterocycles. The summed E-state index contributed by atoms with van der Waals surface area (Å²) < 4.78 is 0. The maximum atomic E-state index is 2.11. The maximum absolute atomic E-state index is 2.11. The first-order valence-corrected chi connectivity index (χ1v) is 9.99. The van der Waals surface area contributed by atoms with Crippen LogP contribution >= 0.6 is 0 Å². The van der Waals surface area contributed by atoms with Gasteiger partial charge in [-0.3, -0.25) is 0 Å². The van der Waals surface area contributed by atoms with E-state index in [9.17, 15) is 0 Å². The Morgan fingerprint density at radius 3 is 1.25 bits per heavy atom. The Kier molecular flexibility index (Phi) is 62.5. The molecule has 0 aromatic rings. The molecule has 0 N–H and O–H groups in total. The SMILES string of the molecule is [SrH2].[Ta][Ir].[Ti]. The van der Waals surface area contributed by atoms with Gasteiger partial charge in [-0.1, -0.05) is 0 Å². The van der Waals surface area contributed by atoms with E-state index in [1.165, 1.54) is 18.2 Å². The third-order valence-corrected chi connectivity index (χ3v) is 0. The Hall–Kier alpha value is 3.58. The standard InChI is InChI=1S/Ir.Sr.Ta.Ti.2H. The molecule has 0 nitrogen and oxygen atoms in total. The largest absolute Gasteiger partial charge is 0 e. The van der Waals surface area contributed by atoms with Crippen LogP contribution in [-0.2, 0) is 55.6 Å². The molecule has 0 saturated heterocycles. The summed E-state index contributed by atoms with van der Waals surface area (Å²) in [6, 6.07) is 0. The molecule has 4 heavy (non-hydrogen) atoms. The second-order valence-corrected chi connectivity index (χ2v) is 0. The summed E-state index contributed by atoms with van der Waals surface area (Å²) >= 11 is 3.56. The minimum absolute atomic E-state index is 0. The zero-order valence-corrected chi connectivity index (χ0v) is 8.45. The predicted octanol–water partition coefficient (Wildman–Crippen LogP) is -0.924.